The number of carbonyl (C=O) groups excluding carboxylic acids is 2. The highest BCUT2D eigenvalue weighted by atomic mass is 31.2. The average Bonchev–Trinajstić information content (AvgIpc) is 3.20. The lowest BCUT2D eigenvalue weighted by Crippen LogP contribution is -2.29. The van der Waals surface area contributed by atoms with Gasteiger partial charge in [0, 0.05) is 19.4 Å². The Kier molecular flexibility index (Phi) is 40.7. The second-order valence-corrected chi connectivity index (χ2v) is 15.6. The van der Waals surface area contributed by atoms with Gasteiger partial charge in [0.15, 0.2) is 6.10 Å². The Hall–Kier alpha value is -2.81. The number of phosphoric acid groups is 1. The smallest absolute Gasteiger partial charge is 0.462 e. The second kappa shape index (κ2) is 42.8. The van der Waals surface area contributed by atoms with Gasteiger partial charge in [-0.05, 0) is 83.5 Å². The molecule has 0 aromatic carbocycles. The van der Waals surface area contributed by atoms with Crippen molar-refractivity contribution < 1.29 is 37.6 Å². The average molecular weight is 818 g/mol. The molecule has 3 N–H and O–H groups in total. The van der Waals surface area contributed by atoms with Gasteiger partial charge in [0.25, 0.3) is 0 Å². The number of phosphoric ester groups is 1. The van der Waals surface area contributed by atoms with Crippen molar-refractivity contribution in [3.05, 3.63) is 85.1 Å². The van der Waals surface area contributed by atoms with E-state index in [1.165, 1.54) is 57.8 Å². The lowest BCUT2D eigenvalue weighted by Gasteiger charge is -2.19. The first kappa shape index (κ1) is 54.2. The molecule has 0 rings (SSSR count). The van der Waals surface area contributed by atoms with Crippen LogP contribution in [0.25, 0.3) is 0 Å². The SMILES string of the molecule is CC/C=C\C/C=C\C/C=C\C/C=C\C/C=C\CCCC(=O)OC[C@H](COP(=O)(O)OCCN)OC(=O)CCCCCCCCCCC/C=C\C/C=C\CCCCC. The lowest BCUT2D eigenvalue weighted by molar-refractivity contribution is -0.161. The van der Waals surface area contributed by atoms with E-state index in [0.29, 0.717) is 12.8 Å². The zero-order valence-electron chi connectivity index (χ0n) is 35.8. The van der Waals surface area contributed by atoms with Gasteiger partial charge in [-0.1, -0.05) is 157 Å². The van der Waals surface area contributed by atoms with Gasteiger partial charge in [0.1, 0.15) is 6.61 Å². The van der Waals surface area contributed by atoms with Crippen LogP contribution in [0.1, 0.15) is 168 Å². The molecule has 0 saturated carbocycles. The van der Waals surface area contributed by atoms with Crippen molar-refractivity contribution in [1.29, 1.82) is 0 Å². The first-order chi connectivity index (χ1) is 27.8. The van der Waals surface area contributed by atoms with Crippen molar-refractivity contribution in [3.63, 3.8) is 0 Å². The molecule has 9 nitrogen and oxygen atoms in total. The van der Waals surface area contributed by atoms with Crippen molar-refractivity contribution in [2.75, 3.05) is 26.4 Å². The lowest BCUT2D eigenvalue weighted by atomic mass is 10.1. The third-order valence-corrected chi connectivity index (χ3v) is 9.75. The summed E-state index contributed by atoms with van der Waals surface area (Å²) in [5.41, 5.74) is 5.35. The second-order valence-electron chi connectivity index (χ2n) is 14.2. The molecule has 1 unspecified atom stereocenters. The Morgan fingerprint density at radius 2 is 0.982 bits per heavy atom. The molecule has 10 heteroatoms. The van der Waals surface area contributed by atoms with Gasteiger partial charge in [-0.3, -0.25) is 18.6 Å². The van der Waals surface area contributed by atoms with E-state index in [1.807, 2.05) is 6.08 Å². The van der Waals surface area contributed by atoms with Gasteiger partial charge in [0.2, 0.25) is 0 Å². The first-order valence-corrected chi connectivity index (χ1v) is 23.6. The van der Waals surface area contributed by atoms with E-state index in [-0.39, 0.29) is 32.6 Å². The Bertz CT molecular complexity index is 1210. The maximum Gasteiger partial charge on any atom is 0.472 e. The molecule has 0 saturated heterocycles. The third kappa shape index (κ3) is 42.6. The van der Waals surface area contributed by atoms with E-state index in [4.69, 9.17) is 24.3 Å². The summed E-state index contributed by atoms with van der Waals surface area (Å²) in [5.74, 6) is -0.908. The van der Waals surface area contributed by atoms with Crippen LogP contribution < -0.4 is 5.73 Å². The number of hydrogen-bond acceptors (Lipinski definition) is 8. The van der Waals surface area contributed by atoms with E-state index in [9.17, 15) is 19.0 Å². The summed E-state index contributed by atoms with van der Waals surface area (Å²) in [5, 5.41) is 0. The maximum atomic E-state index is 12.6. The molecule has 326 valence electrons. The van der Waals surface area contributed by atoms with Gasteiger partial charge >= 0.3 is 19.8 Å². The molecule has 0 aliphatic rings. The van der Waals surface area contributed by atoms with Crippen LogP contribution >= 0.6 is 7.82 Å². The summed E-state index contributed by atoms with van der Waals surface area (Å²) in [7, 11) is -4.40. The summed E-state index contributed by atoms with van der Waals surface area (Å²) < 4.78 is 32.7. The molecule has 0 radical (unpaired) electrons. The van der Waals surface area contributed by atoms with Crippen molar-refractivity contribution in [3.8, 4) is 0 Å². The molecule has 0 aromatic heterocycles. The van der Waals surface area contributed by atoms with Crippen LogP contribution in [0.15, 0.2) is 85.1 Å². The van der Waals surface area contributed by atoms with Crippen LogP contribution in [0.2, 0.25) is 0 Å². The molecular formula is C47H80NO8P. The Labute approximate surface area is 347 Å². The number of esters is 2. The zero-order valence-corrected chi connectivity index (χ0v) is 36.7. The Balaban J connectivity index is 4.25. The molecular weight excluding hydrogens is 737 g/mol. The molecule has 0 amide bonds. The number of carbonyl (C=O) groups is 2. The zero-order chi connectivity index (χ0) is 41.8. The molecule has 0 bridgehead atoms. The molecule has 0 heterocycles. The van der Waals surface area contributed by atoms with Gasteiger partial charge in [-0.15, -0.1) is 0 Å². The molecule has 2 atom stereocenters. The van der Waals surface area contributed by atoms with Crippen LogP contribution in [0.3, 0.4) is 0 Å². The van der Waals surface area contributed by atoms with Gasteiger partial charge in [-0.25, -0.2) is 4.57 Å². The summed E-state index contributed by atoms with van der Waals surface area (Å²) in [6.45, 7) is 3.51. The highest BCUT2D eigenvalue weighted by Gasteiger charge is 2.25. The fraction of sp³-hybridized carbons (Fsp3) is 0.660. The van der Waals surface area contributed by atoms with Crippen LogP contribution in [0.4, 0.5) is 0 Å². The minimum atomic E-state index is -4.40. The fourth-order valence-electron chi connectivity index (χ4n) is 5.52. The Morgan fingerprint density at radius 1 is 0.544 bits per heavy atom. The monoisotopic (exact) mass is 818 g/mol. The fourth-order valence-corrected chi connectivity index (χ4v) is 6.29. The largest absolute Gasteiger partial charge is 0.472 e. The molecule has 57 heavy (non-hydrogen) atoms. The summed E-state index contributed by atoms with van der Waals surface area (Å²) in [6, 6.07) is 0. The normalized spacial score (nSPS) is 14.1. The van der Waals surface area contributed by atoms with Gasteiger partial charge in [-0.2, -0.15) is 0 Å². The molecule has 0 spiro atoms. The summed E-state index contributed by atoms with van der Waals surface area (Å²) in [6.07, 6.45) is 53.3. The van der Waals surface area contributed by atoms with Crippen molar-refractivity contribution in [2.45, 2.75) is 174 Å². The van der Waals surface area contributed by atoms with Crippen molar-refractivity contribution in [1.82, 2.24) is 0 Å². The topological polar surface area (TPSA) is 134 Å². The number of allylic oxidation sites excluding steroid dienone is 14. The van der Waals surface area contributed by atoms with Gasteiger partial charge in [0.05, 0.1) is 13.2 Å². The van der Waals surface area contributed by atoms with Crippen LogP contribution in [-0.4, -0.2) is 49.3 Å². The number of ether oxygens (including phenoxy) is 2. The molecule has 0 aliphatic heterocycles. The van der Waals surface area contributed by atoms with Crippen molar-refractivity contribution >= 4 is 19.8 Å². The maximum absolute atomic E-state index is 12.6. The van der Waals surface area contributed by atoms with E-state index in [2.05, 4.69) is 92.8 Å². The molecule has 0 fully saturated rings. The van der Waals surface area contributed by atoms with E-state index < -0.39 is 32.5 Å². The minimum absolute atomic E-state index is 0.0408. The number of hydrogen-bond donors (Lipinski definition) is 2. The van der Waals surface area contributed by atoms with Gasteiger partial charge < -0.3 is 20.1 Å². The quantitative estimate of drug-likeness (QED) is 0.0268. The predicted molar refractivity (Wildman–Crippen MR) is 238 cm³/mol. The number of rotatable bonds is 40. The first-order valence-electron chi connectivity index (χ1n) is 22.1. The van der Waals surface area contributed by atoms with E-state index >= 15 is 0 Å². The third-order valence-electron chi connectivity index (χ3n) is 8.77. The Morgan fingerprint density at radius 3 is 1.49 bits per heavy atom. The summed E-state index contributed by atoms with van der Waals surface area (Å²) >= 11 is 0. The van der Waals surface area contributed by atoms with Crippen LogP contribution in [-0.2, 0) is 32.7 Å². The minimum Gasteiger partial charge on any atom is -0.462 e. The van der Waals surface area contributed by atoms with Crippen LogP contribution in [0, 0.1) is 0 Å². The highest BCUT2D eigenvalue weighted by Crippen LogP contribution is 2.43. The molecule has 0 aliphatic carbocycles. The van der Waals surface area contributed by atoms with E-state index in [1.54, 1.807) is 0 Å². The summed E-state index contributed by atoms with van der Waals surface area (Å²) in [4.78, 5) is 34.9. The van der Waals surface area contributed by atoms with E-state index in [0.717, 1.165) is 70.6 Å². The predicted octanol–water partition coefficient (Wildman–Crippen LogP) is 12.8. The van der Waals surface area contributed by atoms with Crippen molar-refractivity contribution in [2.24, 2.45) is 5.73 Å². The number of nitrogens with two attached hydrogens (primary N) is 1. The molecule has 0 aromatic rings. The number of unbranched alkanes of at least 4 members (excludes halogenated alkanes) is 13. The standard InChI is InChI=1S/C47H80NO8P/c1-3-5-7-9-11-13-15-17-19-21-22-24-26-28-30-32-34-36-38-40-47(50)56-45(44-55-57(51,52)54-42-41-48)43-53-46(49)39-37-35-33-31-29-27-25-23-20-18-16-14-12-10-8-6-4-2/h6,8,11-14,17-20,25,27,31,33,45H,3-5,7,9-10,15-16,21-24,26,28-30,32,34-44,48H2,1-2H3,(H,51,52)/b8-6-,13-11-,14-12-,19-17-,20-18-,27-25-,33-31-/t45-/m1/s1. The van der Waals surface area contributed by atoms with Crippen LogP contribution in [0.5, 0.6) is 0 Å². The highest BCUT2D eigenvalue weighted by molar-refractivity contribution is 7.47.